The first-order valence-electron chi connectivity index (χ1n) is 6.75. The number of likely N-dealkylation sites (N-methyl/N-ethyl adjacent to an activating group) is 1. The average Bonchev–Trinajstić information content (AvgIpc) is 2.49. The van der Waals surface area contributed by atoms with Crippen LogP contribution in [0, 0.1) is 0 Å². The van der Waals surface area contributed by atoms with Gasteiger partial charge in [0.2, 0.25) is 0 Å². The number of anilines is 1. The number of nitrogens with zero attached hydrogens (tertiary/aromatic N) is 2. The quantitative estimate of drug-likeness (QED) is 0.864. The second-order valence-electron chi connectivity index (χ2n) is 4.99. The molecule has 21 heavy (non-hydrogen) atoms. The van der Waals surface area contributed by atoms with E-state index in [9.17, 15) is 0 Å². The molecule has 1 aromatic heterocycles. The number of rotatable bonds is 6. The second kappa shape index (κ2) is 7.43. The maximum atomic E-state index is 5.31. The lowest BCUT2D eigenvalue weighted by Gasteiger charge is -2.26. The van der Waals surface area contributed by atoms with Gasteiger partial charge in [0.25, 0.3) is 0 Å². The zero-order valence-corrected chi connectivity index (χ0v) is 14.1. The smallest absolute Gasteiger partial charge is 0.119 e. The van der Waals surface area contributed by atoms with Crippen molar-refractivity contribution in [1.29, 1.82) is 0 Å². The van der Waals surface area contributed by atoms with Gasteiger partial charge in [0.15, 0.2) is 0 Å². The third-order valence-corrected chi connectivity index (χ3v) is 3.99. The molecule has 2 aromatic rings. The van der Waals surface area contributed by atoms with Crippen LogP contribution in [0.15, 0.2) is 47.2 Å². The Morgan fingerprint density at radius 1 is 1.33 bits per heavy atom. The van der Waals surface area contributed by atoms with Gasteiger partial charge in [-0.25, -0.2) is 0 Å². The van der Waals surface area contributed by atoms with Crippen molar-refractivity contribution in [2.24, 2.45) is 0 Å². The molecule has 1 N–H and O–H groups in total. The molecule has 5 heteroatoms. The van der Waals surface area contributed by atoms with Crippen LogP contribution in [0.1, 0.15) is 11.6 Å². The minimum atomic E-state index is 0.250. The average molecular weight is 350 g/mol. The van der Waals surface area contributed by atoms with Crippen LogP contribution in [-0.4, -0.2) is 37.6 Å². The fourth-order valence-electron chi connectivity index (χ4n) is 2.17. The summed E-state index contributed by atoms with van der Waals surface area (Å²) >= 11 is 3.50. The molecular weight excluding hydrogens is 330 g/mol. The van der Waals surface area contributed by atoms with Gasteiger partial charge >= 0.3 is 0 Å². The lowest BCUT2D eigenvalue weighted by atomic mass is 10.1. The highest BCUT2D eigenvalue weighted by atomic mass is 79.9. The summed E-state index contributed by atoms with van der Waals surface area (Å²) in [5.74, 6) is 0.879. The van der Waals surface area contributed by atoms with Gasteiger partial charge < -0.3 is 15.0 Å². The molecule has 0 aliphatic rings. The molecule has 1 atom stereocenters. The molecule has 1 unspecified atom stereocenters. The van der Waals surface area contributed by atoms with E-state index >= 15 is 0 Å². The second-order valence-corrected chi connectivity index (χ2v) is 5.85. The van der Waals surface area contributed by atoms with E-state index in [-0.39, 0.29) is 6.04 Å². The Bertz CT molecular complexity index is 589. The number of aromatic nitrogens is 1. The predicted octanol–water partition coefficient (Wildman–Crippen LogP) is 3.57. The molecule has 2 rings (SSSR count). The third kappa shape index (κ3) is 4.19. The lowest BCUT2D eigenvalue weighted by Crippen LogP contribution is -2.27. The summed E-state index contributed by atoms with van der Waals surface area (Å²) in [6.45, 7) is 0.794. The van der Waals surface area contributed by atoms with Crippen molar-refractivity contribution in [3.63, 3.8) is 0 Å². The molecule has 112 valence electrons. The molecule has 1 aromatic carbocycles. The van der Waals surface area contributed by atoms with E-state index in [4.69, 9.17) is 4.74 Å². The maximum absolute atomic E-state index is 5.31. The van der Waals surface area contributed by atoms with Gasteiger partial charge in [-0.2, -0.15) is 0 Å². The summed E-state index contributed by atoms with van der Waals surface area (Å²) in [6.07, 6.45) is 3.57. The standard InChI is InChI=1S/C16H20BrN3O/c1-20(2)16(12-5-4-6-13(9-12)21-3)11-19-15-7-8-18-10-14(15)17/h4-10,16H,11H2,1-3H3,(H,18,19). The minimum absolute atomic E-state index is 0.250. The number of ether oxygens (including phenoxy) is 1. The Labute approximate surface area is 134 Å². The van der Waals surface area contributed by atoms with Crippen molar-refractivity contribution < 1.29 is 4.74 Å². The van der Waals surface area contributed by atoms with Gasteiger partial charge in [0, 0.05) is 18.9 Å². The Hall–Kier alpha value is -1.59. The normalized spacial score (nSPS) is 12.2. The summed E-state index contributed by atoms with van der Waals surface area (Å²) in [4.78, 5) is 6.27. The van der Waals surface area contributed by atoms with Gasteiger partial charge in [-0.1, -0.05) is 12.1 Å². The Morgan fingerprint density at radius 2 is 2.14 bits per heavy atom. The molecule has 1 heterocycles. The zero-order chi connectivity index (χ0) is 15.2. The summed E-state index contributed by atoms with van der Waals surface area (Å²) in [7, 11) is 5.84. The molecule has 4 nitrogen and oxygen atoms in total. The Morgan fingerprint density at radius 3 is 2.81 bits per heavy atom. The highest BCUT2D eigenvalue weighted by Crippen LogP contribution is 2.25. The van der Waals surface area contributed by atoms with Crippen molar-refractivity contribution in [1.82, 2.24) is 9.88 Å². The number of methoxy groups -OCH3 is 1. The molecule has 0 amide bonds. The number of hydrogen-bond donors (Lipinski definition) is 1. The summed E-state index contributed by atoms with van der Waals surface area (Å²) < 4.78 is 6.28. The fraction of sp³-hybridized carbons (Fsp3) is 0.312. The van der Waals surface area contributed by atoms with Gasteiger partial charge in [-0.3, -0.25) is 4.98 Å². The van der Waals surface area contributed by atoms with Crippen molar-refractivity contribution in [3.8, 4) is 5.75 Å². The first kappa shape index (κ1) is 15.8. The first-order valence-corrected chi connectivity index (χ1v) is 7.55. The van der Waals surface area contributed by atoms with Crippen molar-refractivity contribution in [2.45, 2.75) is 6.04 Å². The molecule has 0 aliphatic carbocycles. The van der Waals surface area contributed by atoms with Crippen LogP contribution in [0.5, 0.6) is 5.75 Å². The number of nitrogens with one attached hydrogen (secondary N) is 1. The van der Waals surface area contributed by atoms with Crippen LogP contribution in [-0.2, 0) is 0 Å². The van der Waals surface area contributed by atoms with E-state index < -0.39 is 0 Å². The van der Waals surface area contributed by atoms with Gasteiger partial charge in [0.1, 0.15) is 5.75 Å². The Balaban J connectivity index is 2.14. The van der Waals surface area contributed by atoms with E-state index in [1.807, 2.05) is 18.2 Å². The molecule has 0 spiro atoms. The van der Waals surface area contributed by atoms with Crippen LogP contribution in [0.4, 0.5) is 5.69 Å². The minimum Gasteiger partial charge on any atom is -0.497 e. The summed E-state index contributed by atoms with van der Waals surface area (Å²) in [5.41, 5.74) is 2.26. The van der Waals surface area contributed by atoms with Crippen LogP contribution < -0.4 is 10.1 Å². The van der Waals surface area contributed by atoms with E-state index in [0.29, 0.717) is 0 Å². The molecule has 0 radical (unpaired) electrons. The Kier molecular flexibility index (Phi) is 5.59. The van der Waals surface area contributed by atoms with E-state index in [0.717, 1.165) is 22.5 Å². The van der Waals surface area contributed by atoms with Crippen molar-refractivity contribution in [3.05, 3.63) is 52.8 Å². The number of halogens is 1. The number of hydrogen-bond acceptors (Lipinski definition) is 4. The monoisotopic (exact) mass is 349 g/mol. The first-order chi connectivity index (χ1) is 10.1. The number of pyridine rings is 1. The SMILES string of the molecule is COc1cccc(C(CNc2ccncc2Br)N(C)C)c1. The van der Waals surface area contributed by atoms with E-state index in [2.05, 4.69) is 57.4 Å². The largest absolute Gasteiger partial charge is 0.497 e. The van der Waals surface area contributed by atoms with Crippen LogP contribution in [0.2, 0.25) is 0 Å². The predicted molar refractivity (Wildman–Crippen MR) is 89.8 cm³/mol. The van der Waals surface area contributed by atoms with Gasteiger partial charge in [-0.15, -0.1) is 0 Å². The number of benzene rings is 1. The lowest BCUT2D eigenvalue weighted by molar-refractivity contribution is 0.310. The molecule has 0 aliphatic heterocycles. The van der Waals surface area contributed by atoms with Crippen molar-refractivity contribution >= 4 is 21.6 Å². The summed E-state index contributed by atoms with van der Waals surface area (Å²) in [6, 6.07) is 10.4. The molecule has 0 fully saturated rings. The van der Waals surface area contributed by atoms with Crippen LogP contribution >= 0.6 is 15.9 Å². The molecular formula is C16H20BrN3O. The molecule has 0 saturated heterocycles. The third-order valence-electron chi connectivity index (χ3n) is 3.36. The van der Waals surface area contributed by atoms with Crippen molar-refractivity contribution in [2.75, 3.05) is 33.1 Å². The van der Waals surface area contributed by atoms with Crippen LogP contribution in [0.25, 0.3) is 0 Å². The maximum Gasteiger partial charge on any atom is 0.119 e. The van der Waals surface area contributed by atoms with Gasteiger partial charge in [-0.05, 0) is 53.8 Å². The zero-order valence-electron chi connectivity index (χ0n) is 12.5. The highest BCUT2D eigenvalue weighted by molar-refractivity contribution is 9.10. The van der Waals surface area contributed by atoms with E-state index in [1.165, 1.54) is 5.56 Å². The van der Waals surface area contributed by atoms with E-state index in [1.54, 1.807) is 19.5 Å². The highest BCUT2D eigenvalue weighted by Gasteiger charge is 2.15. The molecule has 0 bridgehead atoms. The fourth-order valence-corrected chi connectivity index (χ4v) is 2.56. The van der Waals surface area contributed by atoms with Crippen LogP contribution in [0.3, 0.4) is 0 Å². The summed E-state index contributed by atoms with van der Waals surface area (Å²) in [5, 5.41) is 3.46. The molecule has 0 saturated carbocycles. The topological polar surface area (TPSA) is 37.4 Å². The van der Waals surface area contributed by atoms with Gasteiger partial charge in [0.05, 0.1) is 23.3 Å².